The number of nitrogens with one attached hydrogen (secondary N) is 1. The molecule has 2 rings (SSSR count). The number of alkyl halides is 1. The maximum Gasteiger partial charge on any atom is 0.251 e. The summed E-state index contributed by atoms with van der Waals surface area (Å²) in [7, 11) is 0. The Morgan fingerprint density at radius 2 is 2.36 bits per heavy atom. The predicted molar refractivity (Wildman–Crippen MR) is 39.3 cm³/mol. The molecule has 1 aliphatic rings. The van der Waals surface area contributed by atoms with Crippen LogP contribution in [0.4, 0.5) is 4.39 Å². The molecule has 1 aromatic heterocycles. The van der Waals surface area contributed by atoms with Gasteiger partial charge in [0.2, 0.25) is 0 Å². The molecule has 11 heavy (non-hydrogen) atoms. The van der Waals surface area contributed by atoms with Gasteiger partial charge in [-0.05, 0) is 12.5 Å². The topological polar surface area (TPSA) is 32.9 Å². The summed E-state index contributed by atoms with van der Waals surface area (Å²) in [4.78, 5) is 13.5. The first-order chi connectivity index (χ1) is 5.29. The van der Waals surface area contributed by atoms with E-state index >= 15 is 0 Å². The van der Waals surface area contributed by atoms with Crippen molar-refractivity contribution in [3.05, 3.63) is 34.2 Å². The van der Waals surface area contributed by atoms with E-state index in [4.69, 9.17) is 0 Å². The molecule has 1 aliphatic carbocycles. The van der Waals surface area contributed by atoms with Crippen LogP contribution in [0.2, 0.25) is 0 Å². The Kier molecular flexibility index (Phi) is 1.31. The van der Waals surface area contributed by atoms with Gasteiger partial charge in [0.05, 0.1) is 0 Å². The van der Waals surface area contributed by atoms with Crippen LogP contribution in [0, 0.1) is 0 Å². The first-order valence-electron chi connectivity index (χ1n) is 3.60. The van der Waals surface area contributed by atoms with Crippen LogP contribution < -0.4 is 5.56 Å². The summed E-state index contributed by atoms with van der Waals surface area (Å²) in [5.74, 6) is -0.139. The van der Waals surface area contributed by atoms with Crippen LogP contribution in [0.5, 0.6) is 0 Å². The molecule has 0 bridgehead atoms. The second-order valence-corrected chi connectivity index (χ2v) is 2.81. The van der Waals surface area contributed by atoms with Crippen LogP contribution in [0.3, 0.4) is 0 Å². The van der Waals surface area contributed by atoms with Crippen molar-refractivity contribution in [2.24, 2.45) is 0 Å². The number of hydrogen-bond acceptors (Lipinski definition) is 1. The molecule has 1 heterocycles. The molecule has 0 aromatic carbocycles. The Labute approximate surface area is 63.1 Å². The lowest BCUT2D eigenvalue weighted by Gasteiger charge is -1.92. The number of halogens is 1. The van der Waals surface area contributed by atoms with Gasteiger partial charge in [0.25, 0.3) is 5.56 Å². The summed E-state index contributed by atoms with van der Waals surface area (Å²) in [6, 6.07) is 3.41. The van der Waals surface area contributed by atoms with Crippen LogP contribution in [0.25, 0.3) is 0 Å². The molecule has 1 saturated carbocycles. The van der Waals surface area contributed by atoms with Crippen LogP contribution in [0.1, 0.15) is 17.9 Å². The summed E-state index contributed by atoms with van der Waals surface area (Å²) < 4.78 is 12.5. The number of aromatic amines is 1. The standard InChI is InChI=1S/C8H8FNO/c9-7-4-6(7)5-2-1-3-10-8(5)11/h1-3,6-7H,4H2,(H,10,11)/t6-,7-/m0/s1. The van der Waals surface area contributed by atoms with Crippen LogP contribution in [0.15, 0.2) is 23.1 Å². The van der Waals surface area contributed by atoms with Crippen molar-refractivity contribution in [3.63, 3.8) is 0 Å². The molecule has 0 unspecified atom stereocenters. The monoisotopic (exact) mass is 153 g/mol. The summed E-state index contributed by atoms with van der Waals surface area (Å²) >= 11 is 0. The summed E-state index contributed by atoms with van der Waals surface area (Å²) in [6.07, 6.45) is 1.27. The van der Waals surface area contributed by atoms with E-state index in [1.54, 1.807) is 18.3 Å². The van der Waals surface area contributed by atoms with Gasteiger partial charge in [0, 0.05) is 17.7 Å². The quantitative estimate of drug-likeness (QED) is 0.646. The average Bonchev–Trinajstić information content (AvgIpc) is 2.68. The normalized spacial score (nSPS) is 28.5. The molecular weight excluding hydrogens is 145 g/mol. The summed E-state index contributed by atoms with van der Waals surface area (Å²) in [5.41, 5.74) is 0.428. The number of aromatic nitrogens is 1. The third-order valence-corrected chi connectivity index (χ3v) is 1.96. The molecule has 1 aromatic rings. The fourth-order valence-electron chi connectivity index (χ4n) is 1.21. The fourth-order valence-corrected chi connectivity index (χ4v) is 1.21. The van der Waals surface area contributed by atoms with Crippen molar-refractivity contribution in [2.45, 2.75) is 18.5 Å². The molecule has 3 heteroatoms. The van der Waals surface area contributed by atoms with Crippen LogP contribution in [-0.2, 0) is 0 Å². The Bertz CT molecular complexity index is 320. The van der Waals surface area contributed by atoms with Gasteiger partial charge in [0.15, 0.2) is 0 Å². The van der Waals surface area contributed by atoms with Gasteiger partial charge < -0.3 is 4.98 Å². The smallest absolute Gasteiger partial charge is 0.251 e. The lowest BCUT2D eigenvalue weighted by Crippen LogP contribution is -2.10. The molecule has 2 nitrogen and oxygen atoms in total. The van der Waals surface area contributed by atoms with E-state index in [0.29, 0.717) is 12.0 Å². The van der Waals surface area contributed by atoms with Gasteiger partial charge >= 0.3 is 0 Å². The zero-order valence-electron chi connectivity index (χ0n) is 5.88. The lowest BCUT2D eigenvalue weighted by molar-refractivity contribution is 0.468. The highest BCUT2D eigenvalue weighted by molar-refractivity contribution is 5.23. The maximum absolute atomic E-state index is 12.5. The van der Waals surface area contributed by atoms with Gasteiger partial charge in [-0.1, -0.05) is 6.07 Å². The minimum absolute atomic E-state index is 0.139. The molecule has 58 valence electrons. The van der Waals surface area contributed by atoms with Gasteiger partial charge in [-0.3, -0.25) is 4.79 Å². The Hall–Kier alpha value is -1.12. The van der Waals surface area contributed by atoms with E-state index in [9.17, 15) is 9.18 Å². The molecule has 1 N–H and O–H groups in total. The van der Waals surface area contributed by atoms with Crippen molar-refractivity contribution in [2.75, 3.05) is 0 Å². The minimum Gasteiger partial charge on any atom is -0.329 e. The number of hydrogen-bond donors (Lipinski definition) is 1. The zero-order valence-corrected chi connectivity index (χ0v) is 5.88. The van der Waals surface area contributed by atoms with Gasteiger partial charge in [-0.25, -0.2) is 4.39 Å². The van der Waals surface area contributed by atoms with Crippen molar-refractivity contribution in [3.8, 4) is 0 Å². The van der Waals surface area contributed by atoms with Crippen molar-refractivity contribution in [1.82, 2.24) is 4.98 Å². The molecule has 0 radical (unpaired) electrons. The van der Waals surface area contributed by atoms with E-state index in [1.165, 1.54) is 0 Å². The first kappa shape index (κ1) is 6.58. The summed E-state index contributed by atoms with van der Waals surface area (Å²) in [5, 5.41) is 0. The Balaban J connectivity index is 2.39. The molecule has 0 aliphatic heterocycles. The van der Waals surface area contributed by atoms with Gasteiger partial charge in [0.1, 0.15) is 6.17 Å². The highest BCUT2D eigenvalue weighted by Crippen LogP contribution is 2.41. The first-order valence-corrected chi connectivity index (χ1v) is 3.60. The molecule has 0 amide bonds. The highest BCUT2D eigenvalue weighted by Gasteiger charge is 2.40. The zero-order chi connectivity index (χ0) is 7.84. The van der Waals surface area contributed by atoms with Gasteiger partial charge in [-0.2, -0.15) is 0 Å². The second-order valence-electron chi connectivity index (χ2n) is 2.81. The number of H-pyrrole nitrogens is 1. The second kappa shape index (κ2) is 2.19. The minimum atomic E-state index is -0.793. The number of pyridine rings is 1. The largest absolute Gasteiger partial charge is 0.329 e. The highest BCUT2D eigenvalue weighted by atomic mass is 19.1. The fraction of sp³-hybridized carbons (Fsp3) is 0.375. The van der Waals surface area contributed by atoms with Crippen molar-refractivity contribution >= 4 is 0 Å². The Morgan fingerprint density at radius 1 is 1.64 bits per heavy atom. The van der Waals surface area contributed by atoms with Crippen molar-refractivity contribution in [1.29, 1.82) is 0 Å². The third kappa shape index (κ3) is 1.06. The van der Waals surface area contributed by atoms with Gasteiger partial charge in [-0.15, -0.1) is 0 Å². The van der Waals surface area contributed by atoms with E-state index in [0.717, 1.165) is 0 Å². The van der Waals surface area contributed by atoms with Crippen molar-refractivity contribution < 1.29 is 4.39 Å². The molecular formula is C8H8FNO. The summed E-state index contributed by atoms with van der Waals surface area (Å²) in [6.45, 7) is 0. The molecule has 2 atom stereocenters. The molecule has 1 fully saturated rings. The average molecular weight is 153 g/mol. The lowest BCUT2D eigenvalue weighted by atomic mass is 10.2. The van der Waals surface area contributed by atoms with Crippen LogP contribution >= 0.6 is 0 Å². The predicted octanol–water partition coefficient (Wildman–Crippen LogP) is 1.20. The molecule has 0 saturated heterocycles. The SMILES string of the molecule is O=c1[nH]cccc1[C@@H]1C[C@@H]1F. The molecule has 0 spiro atoms. The maximum atomic E-state index is 12.5. The van der Waals surface area contributed by atoms with Crippen LogP contribution in [-0.4, -0.2) is 11.2 Å². The van der Waals surface area contributed by atoms with E-state index in [2.05, 4.69) is 4.98 Å². The third-order valence-electron chi connectivity index (χ3n) is 1.96. The van der Waals surface area contributed by atoms with E-state index < -0.39 is 6.17 Å². The van der Waals surface area contributed by atoms with E-state index in [1.807, 2.05) is 0 Å². The number of rotatable bonds is 1. The Morgan fingerprint density at radius 3 is 2.91 bits per heavy atom. The van der Waals surface area contributed by atoms with E-state index in [-0.39, 0.29) is 11.5 Å².